The molecular formula is C19H12F5N5O. The quantitative estimate of drug-likeness (QED) is 0.465. The number of benzene rings is 2. The molecule has 0 fully saturated rings. The van der Waals surface area contributed by atoms with Gasteiger partial charge in [-0.05, 0) is 19.1 Å². The molecule has 6 nitrogen and oxygen atoms in total. The zero-order chi connectivity index (χ0) is 21.4. The molecule has 154 valence electrons. The van der Waals surface area contributed by atoms with Crippen molar-refractivity contribution < 1.29 is 26.7 Å². The first-order chi connectivity index (χ1) is 14.3. The van der Waals surface area contributed by atoms with Crippen molar-refractivity contribution in [3.63, 3.8) is 0 Å². The summed E-state index contributed by atoms with van der Waals surface area (Å²) in [5.74, 6) is -2.77. The molecule has 30 heavy (non-hydrogen) atoms. The first-order valence-corrected chi connectivity index (χ1v) is 8.49. The van der Waals surface area contributed by atoms with Gasteiger partial charge in [0.15, 0.2) is 34.8 Å². The molecule has 2 heterocycles. The topological polar surface area (TPSA) is 64.9 Å². The minimum absolute atomic E-state index is 0.193. The van der Waals surface area contributed by atoms with Gasteiger partial charge in [0.1, 0.15) is 5.82 Å². The molecule has 4 aromatic rings. The van der Waals surface area contributed by atoms with Crippen molar-refractivity contribution >= 4 is 22.5 Å². The number of hydrogen-bond donors (Lipinski definition) is 1. The standard InChI is InChI=1S/C19H12F5N5O/c1-9-26-14-5-11(20)12(21)6-15(14)29(9)18-8-25-7-17(28-18)27-10-2-3-16(13(22)4-10)30-19(23)24/h2-8,19H,1H3,(H,27,28). The van der Waals surface area contributed by atoms with Crippen LogP contribution in [0.4, 0.5) is 33.5 Å². The van der Waals surface area contributed by atoms with Crippen molar-refractivity contribution in [3.05, 3.63) is 66.0 Å². The summed E-state index contributed by atoms with van der Waals surface area (Å²) >= 11 is 0. The van der Waals surface area contributed by atoms with E-state index in [2.05, 4.69) is 25.0 Å². The zero-order valence-electron chi connectivity index (χ0n) is 15.2. The Labute approximate surface area is 166 Å². The minimum atomic E-state index is -3.15. The first-order valence-electron chi connectivity index (χ1n) is 8.49. The summed E-state index contributed by atoms with van der Waals surface area (Å²) in [6.07, 6.45) is 2.74. The van der Waals surface area contributed by atoms with Crippen LogP contribution < -0.4 is 10.1 Å². The van der Waals surface area contributed by atoms with E-state index in [1.807, 2.05) is 0 Å². The Morgan fingerprint density at radius 2 is 1.73 bits per heavy atom. The monoisotopic (exact) mass is 421 g/mol. The van der Waals surface area contributed by atoms with Crippen molar-refractivity contribution in [3.8, 4) is 11.6 Å². The number of anilines is 2. The van der Waals surface area contributed by atoms with E-state index in [0.29, 0.717) is 5.82 Å². The highest BCUT2D eigenvalue weighted by molar-refractivity contribution is 5.78. The molecule has 0 spiro atoms. The lowest BCUT2D eigenvalue weighted by atomic mass is 10.3. The van der Waals surface area contributed by atoms with Gasteiger partial charge in [-0.2, -0.15) is 8.78 Å². The fraction of sp³-hybridized carbons (Fsp3) is 0.105. The van der Waals surface area contributed by atoms with Crippen molar-refractivity contribution in [1.82, 2.24) is 19.5 Å². The lowest BCUT2D eigenvalue weighted by Gasteiger charge is -2.11. The molecule has 0 bridgehead atoms. The third-order valence-corrected chi connectivity index (χ3v) is 4.14. The van der Waals surface area contributed by atoms with Gasteiger partial charge in [0.2, 0.25) is 0 Å². The highest BCUT2D eigenvalue weighted by atomic mass is 19.3. The predicted octanol–water partition coefficient (Wildman–Crippen LogP) is 4.89. The van der Waals surface area contributed by atoms with Gasteiger partial charge in [-0.3, -0.25) is 9.55 Å². The van der Waals surface area contributed by atoms with Crippen molar-refractivity contribution in [2.24, 2.45) is 0 Å². The summed E-state index contributed by atoms with van der Waals surface area (Å²) in [6, 6.07) is 5.32. The van der Waals surface area contributed by atoms with E-state index >= 15 is 0 Å². The Hall–Kier alpha value is -3.76. The van der Waals surface area contributed by atoms with Gasteiger partial charge in [-0.25, -0.2) is 23.1 Å². The average molecular weight is 421 g/mol. The largest absolute Gasteiger partial charge is 0.432 e. The van der Waals surface area contributed by atoms with Gasteiger partial charge in [0, 0.05) is 23.9 Å². The van der Waals surface area contributed by atoms with Crippen molar-refractivity contribution in [1.29, 1.82) is 0 Å². The summed E-state index contributed by atoms with van der Waals surface area (Å²) in [5.41, 5.74) is 0.738. The number of imidazole rings is 1. The summed E-state index contributed by atoms with van der Waals surface area (Å²) in [4.78, 5) is 12.6. The van der Waals surface area contributed by atoms with Crippen LogP contribution in [0.3, 0.4) is 0 Å². The Morgan fingerprint density at radius 3 is 2.47 bits per heavy atom. The van der Waals surface area contributed by atoms with Gasteiger partial charge >= 0.3 is 6.61 Å². The van der Waals surface area contributed by atoms with Gasteiger partial charge in [0.05, 0.1) is 23.4 Å². The van der Waals surface area contributed by atoms with Crippen LogP contribution in [-0.2, 0) is 0 Å². The van der Waals surface area contributed by atoms with Gasteiger partial charge in [-0.1, -0.05) is 0 Å². The summed E-state index contributed by atoms with van der Waals surface area (Å²) in [7, 11) is 0. The third-order valence-electron chi connectivity index (χ3n) is 4.14. The van der Waals surface area contributed by atoms with Crippen LogP contribution in [0.1, 0.15) is 5.82 Å². The molecule has 0 unspecified atom stereocenters. The molecule has 0 aliphatic heterocycles. The average Bonchev–Trinajstić information content (AvgIpc) is 2.99. The molecule has 0 saturated carbocycles. The molecule has 2 aromatic heterocycles. The molecule has 0 radical (unpaired) electrons. The molecular weight excluding hydrogens is 409 g/mol. The van der Waals surface area contributed by atoms with Crippen molar-refractivity contribution in [2.75, 3.05) is 5.32 Å². The first kappa shape index (κ1) is 19.6. The van der Waals surface area contributed by atoms with Crippen molar-refractivity contribution in [2.45, 2.75) is 13.5 Å². The lowest BCUT2D eigenvalue weighted by Crippen LogP contribution is -2.05. The summed E-state index contributed by atoms with van der Waals surface area (Å²) < 4.78 is 71.1. The Morgan fingerprint density at radius 1 is 0.967 bits per heavy atom. The van der Waals surface area contributed by atoms with E-state index in [0.717, 1.165) is 24.3 Å². The molecule has 0 saturated heterocycles. The summed E-state index contributed by atoms with van der Waals surface area (Å²) in [6.45, 7) is -1.51. The molecule has 2 aromatic carbocycles. The highest BCUT2D eigenvalue weighted by Crippen LogP contribution is 2.26. The molecule has 4 rings (SSSR count). The molecule has 0 aliphatic rings. The smallest absolute Gasteiger partial charge is 0.387 e. The van der Waals surface area contributed by atoms with Crippen LogP contribution in [0.15, 0.2) is 42.7 Å². The number of rotatable bonds is 5. The van der Waals surface area contributed by atoms with E-state index in [1.54, 1.807) is 6.92 Å². The van der Waals surface area contributed by atoms with Gasteiger partial charge in [0.25, 0.3) is 0 Å². The molecule has 11 heteroatoms. The van der Waals surface area contributed by atoms with Gasteiger partial charge < -0.3 is 10.1 Å². The van der Waals surface area contributed by atoms with E-state index in [9.17, 15) is 22.0 Å². The minimum Gasteiger partial charge on any atom is -0.432 e. The second kappa shape index (κ2) is 7.58. The number of aryl methyl sites for hydroxylation is 1. The Balaban J connectivity index is 1.67. The SMILES string of the molecule is Cc1nc2cc(F)c(F)cc2n1-c1cncc(Nc2ccc(OC(F)F)c(F)c2)n1. The van der Waals surface area contributed by atoms with Crippen LogP contribution in [-0.4, -0.2) is 26.1 Å². The third kappa shape index (κ3) is 3.73. The number of nitrogens with one attached hydrogen (secondary N) is 1. The molecule has 1 N–H and O–H groups in total. The maximum Gasteiger partial charge on any atom is 0.387 e. The van der Waals surface area contributed by atoms with Crippen LogP contribution in [0.5, 0.6) is 5.75 Å². The van der Waals surface area contributed by atoms with E-state index in [-0.39, 0.29) is 28.4 Å². The molecule has 0 aliphatic carbocycles. The molecule has 0 amide bonds. The number of hydrogen-bond acceptors (Lipinski definition) is 5. The van der Waals surface area contributed by atoms with Crippen LogP contribution >= 0.6 is 0 Å². The highest BCUT2D eigenvalue weighted by Gasteiger charge is 2.15. The van der Waals surface area contributed by atoms with E-state index in [4.69, 9.17) is 0 Å². The normalized spacial score (nSPS) is 11.3. The van der Waals surface area contributed by atoms with Crippen LogP contribution in [0.25, 0.3) is 16.9 Å². The zero-order valence-corrected chi connectivity index (χ0v) is 15.2. The van der Waals surface area contributed by atoms with Crippen LogP contribution in [0.2, 0.25) is 0 Å². The number of fused-ring (bicyclic) bond motifs is 1. The fourth-order valence-corrected chi connectivity index (χ4v) is 2.92. The second-order valence-electron chi connectivity index (χ2n) is 6.16. The van der Waals surface area contributed by atoms with Gasteiger partial charge in [-0.15, -0.1) is 0 Å². The number of alkyl halides is 2. The maximum atomic E-state index is 13.9. The van der Waals surface area contributed by atoms with E-state index in [1.165, 1.54) is 23.0 Å². The number of aromatic nitrogens is 4. The predicted molar refractivity (Wildman–Crippen MR) is 97.6 cm³/mol. The number of ether oxygens (including phenoxy) is 1. The molecule has 0 atom stereocenters. The Kier molecular flexibility index (Phi) is 4.94. The van der Waals surface area contributed by atoms with E-state index < -0.39 is 29.8 Å². The Bertz CT molecular complexity index is 1240. The summed E-state index contributed by atoms with van der Waals surface area (Å²) in [5, 5.41) is 2.79. The lowest BCUT2D eigenvalue weighted by molar-refractivity contribution is -0.0521. The van der Waals surface area contributed by atoms with Crippen LogP contribution in [0, 0.1) is 24.4 Å². The maximum absolute atomic E-state index is 13.9. The number of halogens is 5. The second-order valence-corrected chi connectivity index (χ2v) is 6.16. The number of nitrogens with zero attached hydrogens (tertiary/aromatic N) is 4. The fourth-order valence-electron chi connectivity index (χ4n) is 2.92.